The van der Waals surface area contributed by atoms with Crippen molar-refractivity contribution in [2.75, 3.05) is 5.32 Å². The monoisotopic (exact) mass is 428 g/mol. The SMILES string of the molecule is CC(C)C[C@H](NC(=O)c1cc(Cl)ccc1O)C(=O)Nc1ccc(C(F)(F)F)cc1. The summed E-state index contributed by atoms with van der Waals surface area (Å²) in [6, 6.07) is 6.96. The quantitative estimate of drug-likeness (QED) is 0.615. The molecule has 0 heterocycles. The van der Waals surface area contributed by atoms with Crippen molar-refractivity contribution in [1.82, 2.24) is 5.32 Å². The number of anilines is 1. The number of hydrogen-bond donors (Lipinski definition) is 3. The van der Waals surface area contributed by atoms with Gasteiger partial charge in [0.2, 0.25) is 5.91 Å². The number of aromatic hydroxyl groups is 1. The highest BCUT2D eigenvalue weighted by atomic mass is 35.5. The van der Waals surface area contributed by atoms with Gasteiger partial charge in [-0.2, -0.15) is 13.2 Å². The van der Waals surface area contributed by atoms with Gasteiger partial charge in [0.05, 0.1) is 11.1 Å². The Balaban J connectivity index is 2.15. The number of amides is 2. The van der Waals surface area contributed by atoms with Gasteiger partial charge in [0.25, 0.3) is 5.91 Å². The van der Waals surface area contributed by atoms with Gasteiger partial charge < -0.3 is 15.7 Å². The third-order valence-electron chi connectivity index (χ3n) is 4.01. The second-order valence-electron chi connectivity index (χ2n) is 6.88. The third-order valence-corrected chi connectivity index (χ3v) is 4.25. The van der Waals surface area contributed by atoms with Gasteiger partial charge in [-0.3, -0.25) is 9.59 Å². The van der Waals surface area contributed by atoms with E-state index in [4.69, 9.17) is 11.6 Å². The maximum atomic E-state index is 12.7. The summed E-state index contributed by atoms with van der Waals surface area (Å²) < 4.78 is 38.0. The number of carbonyl (C=O) groups excluding carboxylic acids is 2. The van der Waals surface area contributed by atoms with Crippen LogP contribution in [0.1, 0.15) is 36.2 Å². The summed E-state index contributed by atoms with van der Waals surface area (Å²) in [5.74, 6) is -1.54. The zero-order chi connectivity index (χ0) is 21.8. The minimum Gasteiger partial charge on any atom is -0.507 e. The van der Waals surface area contributed by atoms with E-state index in [0.717, 1.165) is 24.3 Å². The Kier molecular flexibility index (Phi) is 7.13. The molecular formula is C20H20ClF3N2O3. The van der Waals surface area contributed by atoms with Gasteiger partial charge in [-0.05, 0) is 54.8 Å². The molecule has 0 fully saturated rings. The zero-order valence-electron chi connectivity index (χ0n) is 15.7. The normalized spacial score (nSPS) is 12.5. The molecule has 2 rings (SSSR count). The van der Waals surface area contributed by atoms with Gasteiger partial charge in [-0.25, -0.2) is 0 Å². The van der Waals surface area contributed by atoms with Gasteiger partial charge in [-0.1, -0.05) is 25.4 Å². The number of rotatable bonds is 6. The molecule has 2 aromatic carbocycles. The average molecular weight is 429 g/mol. The molecular weight excluding hydrogens is 409 g/mol. The van der Waals surface area contributed by atoms with Gasteiger partial charge in [0.1, 0.15) is 11.8 Å². The Morgan fingerprint density at radius 2 is 1.72 bits per heavy atom. The lowest BCUT2D eigenvalue weighted by Gasteiger charge is -2.20. The van der Waals surface area contributed by atoms with E-state index < -0.39 is 29.6 Å². The van der Waals surface area contributed by atoms with E-state index in [1.165, 1.54) is 18.2 Å². The standard InChI is InChI=1S/C20H20ClF3N2O3/c1-11(2)9-16(26-18(28)15-10-13(21)5-8-17(15)27)19(29)25-14-6-3-12(4-7-14)20(22,23)24/h3-8,10-11,16,27H,9H2,1-2H3,(H,25,29)(H,26,28)/t16-/m0/s1. The summed E-state index contributed by atoms with van der Waals surface area (Å²) in [7, 11) is 0. The molecule has 0 saturated heterocycles. The fourth-order valence-electron chi connectivity index (χ4n) is 2.60. The fourth-order valence-corrected chi connectivity index (χ4v) is 2.77. The first-order valence-corrected chi connectivity index (χ1v) is 9.12. The largest absolute Gasteiger partial charge is 0.507 e. The minimum atomic E-state index is -4.48. The lowest BCUT2D eigenvalue weighted by Crippen LogP contribution is -2.44. The first-order chi connectivity index (χ1) is 13.5. The second kappa shape index (κ2) is 9.17. The fraction of sp³-hybridized carbons (Fsp3) is 0.300. The van der Waals surface area contributed by atoms with Crippen LogP contribution in [0.4, 0.5) is 18.9 Å². The average Bonchev–Trinajstić information content (AvgIpc) is 2.62. The van der Waals surface area contributed by atoms with Crippen molar-refractivity contribution >= 4 is 29.1 Å². The molecule has 0 radical (unpaired) electrons. The molecule has 0 saturated carbocycles. The Morgan fingerprint density at radius 3 is 2.28 bits per heavy atom. The Hall–Kier alpha value is -2.74. The predicted octanol–water partition coefficient (Wildman–Crippen LogP) is 4.85. The van der Waals surface area contributed by atoms with Crippen molar-refractivity contribution in [3.05, 3.63) is 58.6 Å². The molecule has 0 unspecified atom stereocenters. The number of nitrogens with one attached hydrogen (secondary N) is 2. The van der Waals surface area contributed by atoms with Crippen molar-refractivity contribution in [2.24, 2.45) is 5.92 Å². The highest BCUT2D eigenvalue weighted by Gasteiger charge is 2.30. The highest BCUT2D eigenvalue weighted by Crippen LogP contribution is 2.30. The Labute approximate surface area is 170 Å². The number of hydrogen-bond acceptors (Lipinski definition) is 3. The van der Waals surface area contributed by atoms with E-state index in [-0.39, 0.29) is 34.4 Å². The first-order valence-electron chi connectivity index (χ1n) is 8.75. The van der Waals surface area contributed by atoms with Crippen LogP contribution in [0.2, 0.25) is 5.02 Å². The Morgan fingerprint density at radius 1 is 1.10 bits per heavy atom. The number of phenolic OH excluding ortho intramolecular Hbond substituents is 1. The van der Waals surface area contributed by atoms with Crippen LogP contribution in [-0.4, -0.2) is 23.0 Å². The van der Waals surface area contributed by atoms with Crippen molar-refractivity contribution < 1.29 is 27.9 Å². The van der Waals surface area contributed by atoms with Crippen molar-refractivity contribution in [3.63, 3.8) is 0 Å². The van der Waals surface area contributed by atoms with Gasteiger partial charge in [-0.15, -0.1) is 0 Å². The summed E-state index contributed by atoms with van der Waals surface area (Å²) in [5, 5.41) is 15.1. The van der Waals surface area contributed by atoms with Crippen LogP contribution in [0, 0.1) is 5.92 Å². The number of halogens is 4. The smallest absolute Gasteiger partial charge is 0.416 e. The minimum absolute atomic E-state index is 0.0339. The molecule has 0 bridgehead atoms. The molecule has 0 aliphatic carbocycles. The molecule has 0 spiro atoms. The van der Waals surface area contributed by atoms with E-state index in [1.807, 2.05) is 13.8 Å². The summed E-state index contributed by atoms with van der Waals surface area (Å²) >= 11 is 5.85. The molecule has 2 aromatic rings. The van der Waals surface area contributed by atoms with E-state index in [2.05, 4.69) is 10.6 Å². The molecule has 29 heavy (non-hydrogen) atoms. The van der Waals surface area contributed by atoms with Crippen LogP contribution in [-0.2, 0) is 11.0 Å². The molecule has 9 heteroatoms. The molecule has 0 aliphatic rings. The summed E-state index contributed by atoms with van der Waals surface area (Å²) in [6.45, 7) is 3.70. The first kappa shape index (κ1) is 22.5. The highest BCUT2D eigenvalue weighted by molar-refractivity contribution is 6.31. The lowest BCUT2D eigenvalue weighted by molar-refractivity contribution is -0.137. The van der Waals surface area contributed by atoms with E-state index in [1.54, 1.807) is 0 Å². The molecule has 0 aromatic heterocycles. The van der Waals surface area contributed by atoms with Gasteiger partial charge in [0, 0.05) is 10.7 Å². The topological polar surface area (TPSA) is 78.4 Å². The zero-order valence-corrected chi connectivity index (χ0v) is 16.4. The van der Waals surface area contributed by atoms with E-state index >= 15 is 0 Å². The van der Waals surface area contributed by atoms with Crippen LogP contribution >= 0.6 is 11.6 Å². The molecule has 0 aliphatic heterocycles. The third kappa shape index (κ3) is 6.39. The Bertz CT molecular complexity index is 884. The number of benzene rings is 2. The van der Waals surface area contributed by atoms with Gasteiger partial charge in [0.15, 0.2) is 0 Å². The van der Waals surface area contributed by atoms with Crippen LogP contribution in [0.5, 0.6) is 5.75 Å². The van der Waals surface area contributed by atoms with Crippen LogP contribution in [0.3, 0.4) is 0 Å². The molecule has 2 amide bonds. The second-order valence-corrected chi connectivity index (χ2v) is 7.32. The van der Waals surface area contributed by atoms with Crippen LogP contribution in [0.25, 0.3) is 0 Å². The number of alkyl halides is 3. The lowest BCUT2D eigenvalue weighted by atomic mass is 10.0. The summed E-state index contributed by atoms with van der Waals surface area (Å²) in [6.07, 6.45) is -4.20. The summed E-state index contributed by atoms with van der Waals surface area (Å²) in [4.78, 5) is 25.1. The van der Waals surface area contributed by atoms with Crippen molar-refractivity contribution in [3.8, 4) is 5.75 Å². The van der Waals surface area contributed by atoms with E-state index in [9.17, 15) is 27.9 Å². The molecule has 5 nitrogen and oxygen atoms in total. The summed E-state index contributed by atoms with van der Waals surface area (Å²) in [5.41, 5.74) is -0.760. The van der Waals surface area contributed by atoms with Crippen molar-refractivity contribution in [2.45, 2.75) is 32.5 Å². The maximum absolute atomic E-state index is 12.7. The molecule has 156 valence electrons. The van der Waals surface area contributed by atoms with Crippen molar-refractivity contribution in [1.29, 1.82) is 0 Å². The maximum Gasteiger partial charge on any atom is 0.416 e. The van der Waals surface area contributed by atoms with Gasteiger partial charge >= 0.3 is 6.18 Å². The predicted molar refractivity (Wildman–Crippen MR) is 104 cm³/mol. The number of phenols is 1. The van der Waals surface area contributed by atoms with E-state index in [0.29, 0.717) is 0 Å². The van der Waals surface area contributed by atoms with Crippen LogP contribution in [0.15, 0.2) is 42.5 Å². The number of carbonyl (C=O) groups is 2. The van der Waals surface area contributed by atoms with Crippen LogP contribution < -0.4 is 10.6 Å². The molecule has 3 N–H and O–H groups in total. The molecule has 1 atom stereocenters.